The number of nitrogens with one attached hydrogen (secondary N) is 1. The Labute approximate surface area is 118 Å². The molecule has 0 unspecified atom stereocenters. The summed E-state index contributed by atoms with van der Waals surface area (Å²) in [6.07, 6.45) is 1.31. The smallest absolute Gasteiger partial charge is 0.407 e. The predicted octanol–water partition coefficient (Wildman–Crippen LogP) is 1.17. The van der Waals surface area contributed by atoms with Gasteiger partial charge in [-0.25, -0.2) is 14.4 Å². The zero-order valence-corrected chi connectivity index (χ0v) is 12.4. The highest BCUT2D eigenvalue weighted by Gasteiger charge is 2.18. The SMILES string of the molecule is COC(=O)/C=C/C(=O)OC[C@H](C)NC(=O)OC(C)(C)C. The van der Waals surface area contributed by atoms with Crippen LogP contribution in [0.4, 0.5) is 4.79 Å². The van der Waals surface area contributed by atoms with E-state index in [1.807, 2.05) is 0 Å². The molecule has 1 N–H and O–H groups in total. The van der Waals surface area contributed by atoms with E-state index in [0.717, 1.165) is 12.2 Å². The molecule has 0 heterocycles. The summed E-state index contributed by atoms with van der Waals surface area (Å²) in [4.78, 5) is 33.4. The van der Waals surface area contributed by atoms with Gasteiger partial charge in [0.15, 0.2) is 0 Å². The molecular formula is C13H21NO6. The molecule has 0 aliphatic heterocycles. The summed E-state index contributed by atoms with van der Waals surface area (Å²) in [7, 11) is 1.20. The van der Waals surface area contributed by atoms with Gasteiger partial charge in [-0.15, -0.1) is 0 Å². The van der Waals surface area contributed by atoms with Crippen LogP contribution in [0.1, 0.15) is 27.7 Å². The molecule has 0 fully saturated rings. The second-order valence-corrected chi connectivity index (χ2v) is 5.03. The fraction of sp³-hybridized carbons (Fsp3) is 0.615. The molecule has 0 rings (SSSR count). The number of methoxy groups -OCH3 is 1. The number of carbonyl (C=O) groups excluding carboxylic acids is 3. The first-order valence-corrected chi connectivity index (χ1v) is 6.06. The Morgan fingerprint density at radius 1 is 1.15 bits per heavy atom. The van der Waals surface area contributed by atoms with Crippen molar-refractivity contribution >= 4 is 18.0 Å². The summed E-state index contributed by atoms with van der Waals surface area (Å²) in [5.74, 6) is -1.35. The van der Waals surface area contributed by atoms with E-state index < -0.39 is 29.7 Å². The van der Waals surface area contributed by atoms with Gasteiger partial charge in [0.25, 0.3) is 0 Å². The minimum absolute atomic E-state index is 0.0381. The summed E-state index contributed by atoms with van der Waals surface area (Å²) in [6.45, 7) is 6.85. The van der Waals surface area contributed by atoms with Crippen molar-refractivity contribution in [1.29, 1.82) is 0 Å². The molecule has 20 heavy (non-hydrogen) atoms. The first kappa shape index (κ1) is 17.9. The minimum atomic E-state index is -0.701. The van der Waals surface area contributed by atoms with E-state index in [1.165, 1.54) is 7.11 Å². The number of esters is 2. The number of hydrogen-bond acceptors (Lipinski definition) is 6. The Hall–Kier alpha value is -2.05. The molecule has 1 amide bonds. The van der Waals surface area contributed by atoms with Crippen molar-refractivity contribution in [3.63, 3.8) is 0 Å². The van der Waals surface area contributed by atoms with Gasteiger partial charge in [0.05, 0.1) is 13.2 Å². The van der Waals surface area contributed by atoms with Crippen LogP contribution in [0.3, 0.4) is 0 Å². The lowest BCUT2D eigenvalue weighted by atomic mass is 10.2. The van der Waals surface area contributed by atoms with Crippen LogP contribution in [0.2, 0.25) is 0 Å². The maximum atomic E-state index is 11.4. The third kappa shape index (κ3) is 9.93. The molecule has 0 radical (unpaired) electrons. The quantitative estimate of drug-likeness (QED) is 0.464. The molecule has 7 heteroatoms. The minimum Gasteiger partial charge on any atom is -0.466 e. The average molecular weight is 287 g/mol. The molecular weight excluding hydrogens is 266 g/mol. The maximum Gasteiger partial charge on any atom is 0.407 e. The van der Waals surface area contributed by atoms with Gasteiger partial charge in [-0.1, -0.05) is 0 Å². The molecule has 0 spiro atoms. The Bertz CT molecular complexity index is 383. The van der Waals surface area contributed by atoms with Crippen molar-refractivity contribution in [3.05, 3.63) is 12.2 Å². The highest BCUT2D eigenvalue weighted by Crippen LogP contribution is 2.06. The van der Waals surface area contributed by atoms with Crippen molar-refractivity contribution in [2.45, 2.75) is 39.3 Å². The second-order valence-electron chi connectivity index (χ2n) is 5.03. The van der Waals surface area contributed by atoms with Gasteiger partial charge in [0, 0.05) is 12.2 Å². The normalized spacial score (nSPS) is 12.7. The van der Waals surface area contributed by atoms with Crippen LogP contribution >= 0.6 is 0 Å². The molecule has 0 bridgehead atoms. The van der Waals surface area contributed by atoms with Gasteiger partial charge in [-0.05, 0) is 27.7 Å². The van der Waals surface area contributed by atoms with Gasteiger partial charge in [-0.3, -0.25) is 0 Å². The van der Waals surface area contributed by atoms with Crippen LogP contribution in [0.15, 0.2) is 12.2 Å². The van der Waals surface area contributed by atoms with Crippen LogP contribution in [0.25, 0.3) is 0 Å². The van der Waals surface area contributed by atoms with E-state index in [1.54, 1.807) is 27.7 Å². The summed E-state index contributed by atoms with van der Waals surface area (Å²) in [5.41, 5.74) is -0.594. The molecule has 1 atom stereocenters. The van der Waals surface area contributed by atoms with Crippen LogP contribution < -0.4 is 5.32 Å². The van der Waals surface area contributed by atoms with Crippen LogP contribution in [0, 0.1) is 0 Å². The lowest BCUT2D eigenvalue weighted by molar-refractivity contribution is -0.139. The number of hydrogen-bond donors (Lipinski definition) is 1. The number of ether oxygens (including phenoxy) is 3. The zero-order valence-electron chi connectivity index (χ0n) is 12.4. The molecule has 0 aromatic heterocycles. The Balaban J connectivity index is 4.02. The average Bonchev–Trinajstić information content (AvgIpc) is 2.30. The monoisotopic (exact) mass is 287 g/mol. The van der Waals surface area contributed by atoms with Gasteiger partial charge in [0.2, 0.25) is 0 Å². The Morgan fingerprint density at radius 3 is 2.20 bits per heavy atom. The topological polar surface area (TPSA) is 90.9 Å². The predicted molar refractivity (Wildman–Crippen MR) is 70.9 cm³/mol. The number of amides is 1. The molecule has 0 aliphatic carbocycles. The third-order valence-electron chi connectivity index (χ3n) is 1.80. The molecule has 0 saturated heterocycles. The highest BCUT2D eigenvalue weighted by atomic mass is 16.6. The number of carbonyl (C=O) groups is 3. The van der Waals surface area contributed by atoms with Crippen molar-refractivity contribution in [2.75, 3.05) is 13.7 Å². The first-order chi connectivity index (χ1) is 9.14. The van der Waals surface area contributed by atoms with Crippen LogP contribution in [-0.4, -0.2) is 43.4 Å². The lowest BCUT2D eigenvalue weighted by Crippen LogP contribution is -2.40. The van der Waals surface area contributed by atoms with Gasteiger partial charge < -0.3 is 19.5 Å². The van der Waals surface area contributed by atoms with Crippen molar-refractivity contribution in [2.24, 2.45) is 0 Å². The third-order valence-corrected chi connectivity index (χ3v) is 1.80. The molecule has 114 valence electrons. The highest BCUT2D eigenvalue weighted by molar-refractivity contribution is 5.91. The van der Waals surface area contributed by atoms with E-state index in [4.69, 9.17) is 9.47 Å². The number of rotatable bonds is 5. The van der Waals surface area contributed by atoms with E-state index in [0.29, 0.717) is 0 Å². The summed E-state index contributed by atoms with van der Waals surface area (Å²) < 4.78 is 14.2. The fourth-order valence-electron chi connectivity index (χ4n) is 1.01. The molecule has 0 saturated carbocycles. The molecule has 0 aromatic rings. The lowest BCUT2D eigenvalue weighted by Gasteiger charge is -2.21. The van der Waals surface area contributed by atoms with E-state index >= 15 is 0 Å². The van der Waals surface area contributed by atoms with Crippen molar-refractivity contribution < 1.29 is 28.6 Å². The molecule has 0 aliphatic rings. The number of alkyl carbamates (subject to hydrolysis) is 1. The fourth-order valence-corrected chi connectivity index (χ4v) is 1.01. The van der Waals surface area contributed by atoms with Crippen molar-refractivity contribution in [1.82, 2.24) is 5.32 Å². The first-order valence-electron chi connectivity index (χ1n) is 6.06. The van der Waals surface area contributed by atoms with Crippen LogP contribution in [-0.2, 0) is 23.8 Å². The Morgan fingerprint density at radius 2 is 1.70 bits per heavy atom. The van der Waals surface area contributed by atoms with Gasteiger partial charge in [0.1, 0.15) is 12.2 Å². The van der Waals surface area contributed by atoms with E-state index in [2.05, 4.69) is 10.1 Å². The Kier molecular flexibility index (Phi) is 7.35. The maximum absolute atomic E-state index is 11.4. The zero-order chi connectivity index (χ0) is 15.8. The molecule has 0 aromatic carbocycles. The van der Waals surface area contributed by atoms with Crippen molar-refractivity contribution in [3.8, 4) is 0 Å². The standard InChI is InChI=1S/C13H21NO6/c1-9(14-12(17)20-13(2,3)4)8-19-11(16)7-6-10(15)18-5/h6-7,9H,8H2,1-5H3,(H,14,17)/b7-6+/t9-/m0/s1. The summed E-state index contributed by atoms with van der Waals surface area (Å²) >= 11 is 0. The summed E-state index contributed by atoms with van der Waals surface area (Å²) in [6, 6.07) is -0.416. The van der Waals surface area contributed by atoms with Crippen LogP contribution in [0.5, 0.6) is 0 Å². The van der Waals surface area contributed by atoms with E-state index in [-0.39, 0.29) is 6.61 Å². The summed E-state index contributed by atoms with van der Waals surface area (Å²) in [5, 5.41) is 2.51. The van der Waals surface area contributed by atoms with Gasteiger partial charge in [-0.2, -0.15) is 0 Å². The van der Waals surface area contributed by atoms with Gasteiger partial charge >= 0.3 is 18.0 Å². The second kappa shape index (κ2) is 8.19. The molecule has 7 nitrogen and oxygen atoms in total. The van der Waals surface area contributed by atoms with E-state index in [9.17, 15) is 14.4 Å². The largest absolute Gasteiger partial charge is 0.466 e.